The summed E-state index contributed by atoms with van der Waals surface area (Å²) in [5.74, 6) is 0. The lowest BCUT2D eigenvalue weighted by atomic mass is 10.1. The number of nitrogens with zero attached hydrogens (tertiary/aromatic N) is 3. The first-order valence-corrected chi connectivity index (χ1v) is 5.50. The molecule has 1 aliphatic rings. The summed E-state index contributed by atoms with van der Waals surface area (Å²) in [5, 5.41) is 4.96. The highest BCUT2D eigenvalue weighted by Crippen LogP contribution is 2.30. The molecule has 0 unspecified atom stereocenters. The van der Waals surface area contributed by atoms with E-state index in [1.165, 1.54) is 22.7 Å². The van der Waals surface area contributed by atoms with Crippen molar-refractivity contribution in [3.8, 4) is 0 Å². The van der Waals surface area contributed by atoms with Gasteiger partial charge in [0.2, 0.25) is 0 Å². The van der Waals surface area contributed by atoms with Crippen LogP contribution < -0.4 is 10.6 Å². The molecule has 0 spiro atoms. The second-order valence-electron chi connectivity index (χ2n) is 3.64. The van der Waals surface area contributed by atoms with Gasteiger partial charge in [-0.3, -0.25) is 0 Å². The first kappa shape index (κ1) is 8.67. The average Bonchev–Trinajstić information content (AvgIpc) is 2.84. The molecule has 1 aromatic carbocycles. The lowest BCUT2D eigenvalue weighted by Crippen LogP contribution is -2.12. The van der Waals surface area contributed by atoms with Crippen LogP contribution in [-0.2, 0) is 13.1 Å². The van der Waals surface area contributed by atoms with E-state index in [2.05, 4.69) is 20.6 Å². The quantitative estimate of drug-likeness (QED) is 0.739. The second-order valence-corrected chi connectivity index (χ2v) is 4.40. The summed E-state index contributed by atoms with van der Waals surface area (Å²) in [6, 6.07) is 6.09. The SMILES string of the molecule is Nc1ccc2c(c1)CN(c1cnns1)C2. The van der Waals surface area contributed by atoms with E-state index in [0.29, 0.717) is 0 Å². The van der Waals surface area contributed by atoms with E-state index in [1.807, 2.05) is 12.1 Å². The molecule has 2 heterocycles. The molecule has 1 aromatic heterocycles. The third-order valence-electron chi connectivity index (χ3n) is 2.61. The minimum atomic E-state index is 0.832. The van der Waals surface area contributed by atoms with E-state index >= 15 is 0 Å². The Bertz CT molecular complexity index is 480. The summed E-state index contributed by atoms with van der Waals surface area (Å²) < 4.78 is 3.87. The highest BCUT2D eigenvalue weighted by molar-refractivity contribution is 7.09. The number of nitrogen functional groups attached to an aromatic ring is 1. The zero-order chi connectivity index (χ0) is 10.3. The van der Waals surface area contributed by atoms with Crippen LogP contribution in [-0.4, -0.2) is 9.59 Å². The number of hydrogen-bond acceptors (Lipinski definition) is 5. The molecule has 4 nitrogen and oxygen atoms in total. The molecule has 0 aliphatic carbocycles. The monoisotopic (exact) mass is 218 g/mol. The smallest absolute Gasteiger partial charge is 0.133 e. The van der Waals surface area contributed by atoms with Gasteiger partial charge in [-0.15, -0.1) is 5.10 Å². The Hall–Kier alpha value is -1.62. The molecule has 0 atom stereocenters. The molecule has 0 amide bonds. The van der Waals surface area contributed by atoms with Crippen LogP contribution in [0.15, 0.2) is 24.4 Å². The van der Waals surface area contributed by atoms with Crippen molar-refractivity contribution >= 4 is 22.2 Å². The number of aromatic nitrogens is 2. The molecule has 0 saturated carbocycles. The second kappa shape index (κ2) is 3.20. The number of fused-ring (bicyclic) bond motifs is 1. The van der Waals surface area contributed by atoms with Gasteiger partial charge in [-0.1, -0.05) is 10.6 Å². The van der Waals surface area contributed by atoms with Crippen LogP contribution in [0.1, 0.15) is 11.1 Å². The molecule has 5 heteroatoms. The third kappa shape index (κ3) is 1.45. The molecule has 2 N–H and O–H groups in total. The topological polar surface area (TPSA) is 55.0 Å². The molecule has 0 radical (unpaired) electrons. The van der Waals surface area contributed by atoms with Crippen LogP contribution in [0.25, 0.3) is 0 Å². The Kier molecular flexibility index (Phi) is 1.85. The summed E-state index contributed by atoms with van der Waals surface area (Å²) in [6.07, 6.45) is 1.81. The summed E-state index contributed by atoms with van der Waals surface area (Å²) in [6.45, 7) is 1.84. The van der Waals surface area contributed by atoms with Crippen LogP contribution >= 0.6 is 11.5 Å². The van der Waals surface area contributed by atoms with E-state index in [-0.39, 0.29) is 0 Å². The van der Waals surface area contributed by atoms with Crippen molar-refractivity contribution in [2.45, 2.75) is 13.1 Å². The van der Waals surface area contributed by atoms with Crippen LogP contribution in [0.2, 0.25) is 0 Å². The van der Waals surface area contributed by atoms with Crippen molar-refractivity contribution in [1.82, 2.24) is 9.59 Å². The molecule has 0 bridgehead atoms. The average molecular weight is 218 g/mol. The standard InChI is InChI=1S/C10H10N4S/c11-9-2-1-7-5-14(6-8(7)3-9)10-4-12-13-15-10/h1-4H,5-6,11H2. The molecule has 15 heavy (non-hydrogen) atoms. The summed E-state index contributed by atoms with van der Waals surface area (Å²) in [7, 11) is 0. The van der Waals surface area contributed by atoms with Gasteiger partial charge in [0.15, 0.2) is 0 Å². The van der Waals surface area contributed by atoms with Crippen molar-refractivity contribution in [2.24, 2.45) is 0 Å². The number of rotatable bonds is 1. The summed E-state index contributed by atoms with van der Waals surface area (Å²) in [5.41, 5.74) is 9.24. The minimum absolute atomic E-state index is 0.832. The van der Waals surface area contributed by atoms with Crippen molar-refractivity contribution in [3.63, 3.8) is 0 Å². The van der Waals surface area contributed by atoms with Gasteiger partial charge < -0.3 is 10.6 Å². The van der Waals surface area contributed by atoms with Crippen LogP contribution in [0.4, 0.5) is 10.7 Å². The lowest BCUT2D eigenvalue weighted by Gasteiger charge is -2.12. The number of benzene rings is 1. The Morgan fingerprint density at radius 1 is 1.27 bits per heavy atom. The van der Waals surface area contributed by atoms with Gasteiger partial charge in [-0.05, 0) is 23.3 Å². The maximum atomic E-state index is 5.75. The molecular formula is C10H10N4S. The van der Waals surface area contributed by atoms with Gasteiger partial charge in [0.25, 0.3) is 0 Å². The van der Waals surface area contributed by atoms with Gasteiger partial charge in [0.05, 0.1) is 6.20 Å². The summed E-state index contributed by atoms with van der Waals surface area (Å²) >= 11 is 1.43. The van der Waals surface area contributed by atoms with Gasteiger partial charge in [-0.2, -0.15) is 0 Å². The molecule has 2 aromatic rings. The molecule has 76 valence electrons. The Labute approximate surface area is 91.5 Å². The largest absolute Gasteiger partial charge is 0.399 e. The van der Waals surface area contributed by atoms with Crippen LogP contribution in [0.3, 0.4) is 0 Å². The first-order valence-electron chi connectivity index (χ1n) is 4.72. The van der Waals surface area contributed by atoms with Gasteiger partial charge in [0, 0.05) is 30.3 Å². The Morgan fingerprint density at radius 3 is 2.93 bits per heavy atom. The number of anilines is 2. The molecule has 3 rings (SSSR count). The highest BCUT2D eigenvalue weighted by atomic mass is 32.1. The van der Waals surface area contributed by atoms with E-state index in [9.17, 15) is 0 Å². The maximum Gasteiger partial charge on any atom is 0.133 e. The lowest BCUT2D eigenvalue weighted by molar-refractivity contribution is 0.889. The number of nitrogens with two attached hydrogens (primary N) is 1. The van der Waals surface area contributed by atoms with E-state index in [1.54, 1.807) is 6.20 Å². The molecule has 1 aliphatic heterocycles. The molecule has 0 saturated heterocycles. The van der Waals surface area contributed by atoms with Gasteiger partial charge >= 0.3 is 0 Å². The van der Waals surface area contributed by atoms with E-state index in [0.717, 1.165) is 23.8 Å². The fourth-order valence-electron chi connectivity index (χ4n) is 1.87. The molecule has 0 fully saturated rings. The predicted octanol–water partition coefficient (Wildman–Crippen LogP) is 1.64. The zero-order valence-corrected chi connectivity index (χ0v) is 8.87. The Morgan fingerprint density at radius 2 is 2.13 bits per heavy atom. The fourth-order valence-corrected chi connectivity index (χ4v) is 2.39. The molecular weight excluding hydrogens is 208 g/mol. The van der Waals surface area contributed by atoms with Gasteiger partial charge in [0.1, 0.15) is 5.00 Å². The van der Waals surface area contributed by atoms with Crippen molar-refractivity contribution in [2.75, 3.05) is 10.6 Å². The highest BCUT2D eigenvalue weighted by Gasteiger charge is 2.20. The third-order valence-corrected chi connectivity index (χ3v) is 3.34. The Balaban J connectivity index is 1.92. The van der Waals surface area contributed by atoms with Gasteiger partial charge in [-0.25, -0.2) is 0 Å². The fraction of sp³-hybridized carbons (Fsp3) is 0.200. The first-order chi connectivity index (χ1) is 7.33. The van der Waals surface area contributed by atoms with Crippen molar-refractivity contribution < 1.29 is 0 Å². The van der Waals surface area contributed by atoms with Crippen molar-refractivity contribution in [1.29, 1.82) is 0 Å². The minimum Gasteiger partial charge on any atom is -0.399 e. The maximum absolute atomic E-state index is 5.75. The van der Waals surface area contributed by atoms with Crippen LogP contribution in [0, 0.1) is 0 Å². The zero-order valence-electron chi connectivity index (χ0n) is 8.05. The normalized spacial score (nSPS) is 14.3. The van der Waals surface area contributed by atoms with Crippen LogP contribution in [0.5, 0.6) is 0 Å². The number of hydrogen-bond donors (Lipinski definition) is 1. The summed E-state index contributed by atoms with van der Waals surface area (Å²) in [4.78, 5) is 2.26. The van der Waals surface area contributed by atoms with Crippen molar-refractivity contribution in [3.05, 3.63) is 35.5 Å². The van der Waals surface area contributed by atoms with E-state index in [4.69, 9.17) is 5.73 Å². The predicted molar refractivity (Wildman–Crippen MR) is 60.7 cm³/mol. The van der Waals surface area contributed by atoms with E-state index < -0.39 is 0 Å².